The number of hydrogen-bond donors (Lipinski definition) is 0. The Hall–Kier alpha value is -3.45. The minimum Gasteiger partial charge on any atom is -0.248 e. The fraction of sp³-hybridized carbons (Fsp3) is 0. The van der Waals surface area contributed by atoms with Gasteiger partial charge in [-0.1, -0.05) is 78.9 Å². The fourth-order valence-electron chi connectivity index (χ4n) is 4.25. The molecule has 0 spiro atoms. The van der Waals surface area contributed by atoms with Crippen LogP contribution in [0.5, 0.6) is 0 Å². The second-order valence-electron chi connectivity index (χ2n) is 6.83. The topological polar surface area (TPSA) is 12.9 Å². The lowest BCUT2D eigenvalue weighted by Gasteiger charge is -2.15. The van der Waals surface area contributed by atoms with Gasteiger partial charge in [-0.15, -0.1) is 0 Å². The van der Waals surface area contributed by atoms with Gasteiger partial charge in [-0.2, -0.15) is 0 Å². The van der Waals surface area contributed by atoms with Crippen LogP contribution in [0.4, 0.5) is 0 Å². The molecule has 5 aromatic carbocycles. The quantitative estimate of drug-likeness (QED) is 0.239. The van der Waals surface area contributed by atoms with Crippen molar-refractivity contribution in [2.24, 2.45) is 0 Å². The van der Waals surface area contributed by atoms with Gasteiger partial charge in [0.05, 0.1) is 11.2 Å². The van der Waals surface area contributed by atoms with Crippen molar-refractivity contribution in [2.75, 3.05) is 0 Å². The molecular weight excluding hydrogens is 314 g/mol. The number of hydrogen-bond acceptors (Lipinski definition) is 1. The zero-order valence-electron chi connectivity index (χ0n) is 14.1. The van der Waals surface area contributed by atoms with Crippen molar-refractivity contribution in [3.63, 3.8) is 0 Å². The summed E-state index contributed by atoms with van der Waals surface area (Å²) in [6.07, 6.45) is 0. The van der Waals surface area contributed by atoms with Gasteiger partial charge < -0.3 is 0 Å². The predicted molar refractivity (Wildman–Crippen MR) is 111 cm³/mol. The van der Waals surface area contributed by atoms with Gasteiger partial charge in [0.25, 0.3) is 0 Å². The van der Waals surface area contributed by atoms with Crippen molar-refractivity contribution < 1.29 is 0 Å². The number of nitrogens with zero attached hydrogens (tertiary/aromatic N) is 1. The van der Waals surface area contributed by atoms with Crippen LogP contribution in [0.3, 0.4) is 0 Å². The molecule has 1 heterocycles. The Kier molecular flexibility index (Phi) is 2.67. The lowest BCUT2D eigenvalue weighted by molar-refractivity contribution is 1.42. The van der Waals surface area contributed by atoms with E-state index in [9.17, 15) is 0 Å². The first-order chi connectivity index (χ1) is 12.9. The van der Waals surface area contributed by atoms with Crippen molar-refractivity contribution in [1.29, 1.82) is 0 Å². The molecule has 1 heteroatoms. The first-order valence-corrected chi connectivity index (χ1v) is 8.92. The smallest absolute Gasteiger partial charge is 0.0722 e. The van der Waals surface area contributed by atoms with Crippen LogP contribution in [-0.4, -0.2) is 4.98 Å². The van der Waals surface area contributed by atoms with E-state index in [0.29, 0.717) is 0 Å². The molecule has 0 amide bonds. The van der Waals surface area contributed by atoms with E-state index in [-0.39, 0.29) is 0 Å². The van der Waals surface area contributed by atoms with Gasteiger partial charge in [0.1, 0.15) is 0 Å². The van der Waals surface area contributed by atoms with Crippen LogP contribution in [0.25, 0.3) is 54.5 Å². The zero-order chi connectivity index (χ0) is 17.1. The number of benzene rings is 5. The first-order valence-electron chi connectivity index (χ1n) is 8.92. The largest absolute Gasteiger partial charge is 0.248 e. The monoisotopic (exact) mass is 329 g/mol. The molecule has 1 aromatic heterocycles. The van der Waals surface area contributed by atoms with E-state index in [1.165, 1.54) is 37.7 Å². The Morgan fingerprint density at radius 2 is 1.23 bits per heavy atom. The highest BCUT2D eigenvalue weighted by Gasteiger charge is 2.15. The van der Waals surface area contributed by atoms with Crippen LogP contribution in [-0.2, 0) is 0 Å². The second-order valence-corrected chi connectivity index (χ2v) is 6.83. The zero-order valence-corrected chi connectivity index (χ0v) is 14.1. The van der Waals surface area contributed by atoms with Crippen LogP contribution in [0.15, 0.2) is 91.0 Å². The van der Waals surface area contributed by atoms with Crippen LogP contribution in [0, 0.1) is 0 Å². The van der Waals surface area contributed by atoms with E-state index < -0.39 is 0 Å². The molecule has 0 aliphatic rings. The van der Waals surface area contributed by atoms with Gasteiger partial charge in [-0.25, -0.2) is 4.98 Å². The van der Waals surface area contributed by atoms with Gasteiger partial charge in [0, 0.05) is 10.9 Å². The van der Waals surface area contributed by atoms with E-state index in [1.807, 2.05) is 6.07 Å². The normalized spacial score (nSPS) is 11.8. The Morgan fingerprint density at radius 1 is 0.500 bits per heavy atom. The van der Waals surface area contributed by atoms with E-state index in [1.54, 1.807) is 0 Å². The van der Waals surface area contributed by atoms with Crippen molar-refractivity contribution in [3.8, 4) is 11.3 Å². The molecule has 26 heavy (non-hydrogen) atoms. The Morgan fingerprint density at radius 3 is 2.08 bits per heavy atom. The van der Waals surface area contributed by atoms with E-state index in [2.05, 4.69) is 84.9 Å². The van der Waals surface area contributed by atoms with Crippen molar-refractivity contribution in [3.05, 3.63) is 91.0 Å². The summed E-state index contributed by atoms with van der Waals surface area (Å²) >= 11 is 0. The van der Waals surface area contributed by atoms with Crippen molar-refractivity contribution in [1.82, 2.24) is 4.98 Å². The molecule has 0 bridgehead atoms. The summed E-state index contributed by atoms with van der Waals surface area (Å²) in [4.78, 5) is 5.00. The van der Waals surface area contributed by atoms with E-state index >= 15 is 0 Å². The molecule has 0 aliphatic heterocycles. The standard InChI is InChI=1S/C25H15N/c1-2-7-16(8-3-1)23-15-21-19-11-5-4-10-18(19)20-12-6-9-17-13-14-22(26-23)25(21)24(17)20/h1-15H. The molecule has 0 saturated carbocycles. The number of fused-ring (bicyclic) bond motifs is 3. The summed E-state index contributed by atoms with van der Waals surface area (Å²) in [6.45, 7) is 0. The third kappa shape index (κ3) is 1.77. The molecule has 0 radical (unpaired) electrons. The number of aromatic nitrogens is 1. The lowest BCUT2D eigenvalue weighted by atomic mass is 9.90. The van der Waals surface area contributed by atoms with Crippen LogP contribution in [0.2, 0.25) is 0 Å². The maximum atomic E-state index is 5.00. The van der Waals surface area contributed by atoms with E-state index in [4.69, 9.17) is 4.98 Å². The van der Waals surface area contributed by atoms with Crippen LogP contribution < -0.4 is 0 Å². The lowest BCUT2D eigenvalue weighted by Crippen LogP contribution is -1.91. The minimum absolute atomic E-state index is 1.03. The Labute approximate surface area is 150 Å². The van der Waals surface area contributed by atoms with Crippen molar-refractivity contribution >= 4 is 43.2 Å². The summed E-state index contributed by atoms with van der Waals surface area (Å²) in [6, 6.07) is 32.3. The summed E-state index contributed by atoms with van der Waals surface area (Å²) in [5.74, 6) is 0. The van der Waals surface area contributed by atoms with Crippen molar-refractivity contribution in [2.45, 2.75) is 0 Å². The SMILES string of the molecule is c1ccc(-c2cc3c4ccccc4c4cccc5ccc(n2)c3c54)cc1. The second kappa shape index (κ2) is 5.03. The molecule has 0 atom stereocenters. The minimum atomic E-state index is 1.03. The Balaban J connectivity index is 1.91. The van der Waals surface area contributed by atoms with Gasteiger partial charge in [-0.05, 0) is 44.5 Å². The third-order valence-corrected chi connectivity index (χ3v) is 5.39. The molecule has 6 aromatic rings. The summed E-state index contributed by atoms with van der Waals surface area (Å²) in [5.41, 5.74) is 3.25. The summed E-state index contributed by atoms with van der Waals surface area (Å²) in [7, 11) is 0. The Bertz CT molecular complexity index is 1410. The van der Waals surface area contributed by atoms with Gasteiger partial charge in [0.2, 0.25) is 0 Å². The van der Waals surface area contributed by atoms with Gasteiger partial charge >= 0.3 is 0 Å². The molecule has 0 N–H and O–H groups in total. The maximum Gasteiger partial charge on any atom is 0.0722 e. The number of rotatable bonds is 1. The first kappa shape index (κ1) is 13.8. The highest BCUT2D eigenvalue weighted by atomic mass is 14.7. The van der Waals surface area contributed by atoms with Gasteiger partial charge in [-0.3, -0.25) is 0 Å². The highest BCUT2D eigenvalue weighted by molar-refractivity contribution is 6.33. The molecule has 6 rings (SSSR count). The molecule has 0 fully saturated rings. The average molecular weight is 329 g/mol. The molecule has 120 valence electrons. The third-order valence-electron chi connectivity index (χ3n) is 5.39. The van der Waals surface area contributed by atoms with Crippen LogP contribution in [0.1, 0.15) is 0 Å². The van der Waals surface area contributed by atoms with E-state index in [0.717, 1.165) is 16.8 Å². The maximum absolute atomic E-state index is 5.00. The average Bonchev–Trinajstić information content (AvgIpc) is 2.73. The summed E-state index contributed by atoms with van der Waals surface area (Å²) in [5, 5.41) is 9.08. The molecule has 0 aliphatic carbocycles. The highest BCUT2D eigenvalue weighted by Crippen LogP contribution is 2.41. The number of pyridine rings is 1. The molecule has 1 nitrogen and oxygen atoms in total. The van der Waals surface area contributed by atoms with Crippen LogP contribution >= 0.6 is 0 Å². The molecular formula is C25H15N. The molecule has 0 unspecified atom stereocenters. The predicted octanol–water partition coefficient (Wildman–Crippen LogP) is 6.80. The van der Waals surface area contributed by atoms with Gasteiger partial charge in [0.15, 0.2) is 0 Å². The fourth-order valence-corrected chi connectivity index (χ4v) is 4.25. The summed E-state index contributed by atoms with van der Waals surface area (Å²) < 4.78 is 0. The molecule has 0 saturated heterocycles.